The van der Waals surface area contributed by atoms with Gasteiger partial charge in [-0.15, -0.1) is 0 Å². The minimum Gasteiger partial charge on any atom is -0.508 e. The molecule has 96 valence electrons. The van der Waals surface area contributed by atoms with E-state index in [2.05, 4.69) is 0 Å². The topological polar surface area (TPSA) is 92.8 Å². The van der Waals surface area contributed by atoms with Gasteiger partial charge in [-0.05, 0) is 19.4 Å². The fourth-order valence-corrected chi connectivity index (χ4v) is 1.76. The molecule has 6 heteroatoms. The molecule has 0 fully saturated rings. The van der Waals surface area contributed by atoms with Gasteiger partial charge in [0.25, 0.3) is 0 Å². The van der Waals surface area contributed by atoms with Crippen molar-refractivity contribution in [3.63, 3.8) is 0 Å². The number of esters is 1. The van der Waals surface area contributed by atoms with E-state index in [4.69, 9.17) is 22.1 Å². The Morgan fingerprint density at radius 2 is 2.35 bits per heavy atom. The standard InChI is InChI=1S/C11H16ClNO4/c1-2-17-10(15)8(13)5-7-3-4-9(14)11(12,16)6-7/h3-4,8,14,16H,2,5-6,13H2,1H3/t8-,11?/m0/s1. The number of ether oxygens (including phenoxy) is 1. The average molecular weight is 262 g/mol. The first kappa shape index (κ1) is 14.0. The molecule has 0 aromatic rings. The summed E-state index contributed by atoms with van der Waals surface area (Å²) in [7, 11) is 0. The lowest BCUT2D eigenvalue weighted by molar-refractivity contribution is -0.144. The number of allylic oxidation sites excluding steroid dienone is 2. The Labute approximate surface area is 105 Å². The Hall–Kier alpha value is -1.04. The molecule has 0 aromatic carbocycles. The molecule has 5 nitrogen and oxygen atoms in total. The third-order valence-corrected chi connectivity index (χ3v) is 2.73. The van der Waals surface area contributed by atoms with Gasteiger partial charge >= 0.3 is 5.97 Å². The fraction of sp³-hybridized carbons (Fsp3) is 0.545. The summed E-state index contributed by atoms with van der Waals surface area (Å²) in [5.74, 6) is -0.807. The normalized spacial score (nSPS) is 25.9. The molecule has 0 spiro atoms. The van der Waals surface area contributed by atoms with Gasteiger partial charge < -0.3 is 20.7 Å². The first-order valence-corrected chi connectivity index (χ1v) is 5.67. The quantitative estimate of drug-likeness (QED) is 0.518. The second-order valence-corrected chi connectivity index (χ2v) is 4.50. The Morgan fingerprint density at radius 1 is 1.71 bits per heavy atom. The summed E-state index contributed by atoms with van der Waals surface area (Å²) in [6, 6.07) is -0.790. The second-order valence-electron chi connectivity index (χ2n) is 3.88. The van der Waals surface area contributed by atoms with Crippen molar-refractivity contribution < 1.29 is 19.7 Å². The van der Waals surface area contributed by atoms with Gasteiger partial charge in [0.15, 0.2) is 5.06 Å². The van der Waals surface area contributed by atoms with Crippen LogP contribution in [0.3, 0.4) is 0 Å². The van der Waals surface area contributed by atoms with Crippen LogP contribution in [0.25, 0.3) is 0 Å². The molecule has 1 aliphatic carbocycles. The maximum atomic E-state index is 11.3. The highest BCUT2D eigenvalue weighted by Gasteiger charge is 2.33. The molecule has 0 bridgehead atoms. The molecular formula is C11H16ClNO4. The van der Waals surface area contributed by atoms with Gasteiger partial charge in [-0.25, -0.2) is 0 Å². The Bertz CT molecular complexity index is 362. The van der Waals surface area contributed by atoms with E-state index in [1.54, 1.807) is 13.0 Å². The SMILES string of the molecule is CCOC(=O)[C@@H](N)CC1=CC=C(O)C(O)(Cl)C1. The molecule has 1 rings (SSSR count). The first-order chi connectivity index (χ1) is 7.86. The van der Waals surface area contributed by atoms with Gasteiger partial charge in [-0.1, -0.05) is 23.3 Å². The maximum Gasteiger partial charge on any atom is 0.323 e. The Balaban J connectivity index is 2.62. The van der Waals surface area contributed by atoms with Crippen LogP contribution in [0, 0.1) is 0 Å². The van der Waals surface area contributed by atoms with E-state index in [-0.39, 0.29) is 25.2 Å². The Morgan fingerprint density at radius 3 is 2.88 bits per heavy atom. The van der Waals surface area contributed by atoms with Crippen LogP contribution in [0.15, 0.2) is 23.5 Å². The third kappa shape index (κ3) is 3.73. The van der Waals surface area contributed by atoms with E-state index in [0.29, 0.717) is 5.57 Å². The molecule has 17 heavy (non-hydrogen) atoms. The van der Waals surface area contributed by atoms with Gasteiger partial charge in [-0.2, -0.15) is 0 Å². The van der Waals surface area contributed by atoms with E-state index in [9.17, 15) is 15.0 Å². The maximum absolute atomic E-state index is 11.3. The van der Waals surface area contributed by atoms with Crippen molar-refractivity contribution in [3.05, 3.63) is 23.5 Å². The number of aliphatic hydroxyl groups excluding tert-OH is 1. The monoisotopic (exact) mass is 261 g/mol. The van der Waals surface area contributed by atoms with Crippen LogP contribution in [-0.4, -0.2) is 33.9 Å². The zero-order valence-corrected chi connectivity index (χ0v) is 10.3. The smallest absolute Gasteiger partial charge is 0.323 e. The number of carbonyl (C=O) groups is 1. The molecule has 1 aliphatic rings. The highest BCUT2D eigenvalue weighted by Crippen LogP contribution is 2.33. The molecule has 0 saturated carbocycles. The van der Waals surface area contributed by atoms with Crippen LogP contribution in [0.4, 0.5) is 0 Å². The number of nitrogens with two attached hydrogens (primary N) is 1. The minimum atomic E-state index is -1.81. The van der Waals surface area contributed by atoms with Crippen LogP contribution in [0.1, 0.15) is 19.8 Å². The largest absolute Gasteiger partial charge is 0.508 e. The summed E-state index contributed by atoms with van der Waals surface area (Å²) in [4.78, 5) is 11.3. The Kier molecular flexibility index (Phi) is 4.56. The van der Waals surface area contributed by atoms with Crippen LogP contribution < -0.4 is 5.73 Å². The van der Waals surface area contributed by atoms with E-state index in [1.165, 1.54) is 6.08 Å². The number of aliphatic hydroxyl groups is 2. The fourth-order valence-electron chi connectivity index (χ4n) is 1.53. The van der Waals surface area contributed by atoms with Crippen molar-refractivity contribution >= 4 is 17.6 Å². The average Bonchev–Trinajstić information content (AvgIpc) is 2.23. The molecule has 4 N–H and O–H groups in total. The summed E-state index contributed by atoms with van der Waals surface area (Å²) in [6.07, 6.45) is 3.15. The minimum absolute atomic E-state index is 0.0317. The van der Waals surface area contributed by atoms with E-state index >= 15 is 0 Å². The molecule has 2 atom stereocenters. The molecular weight excluding hydrogens is 246 g/mol. The summed E-state index contributed by atoms with van der Waals surface area (Å²) in [5.41, 5.74) is 6.32. The van der Waals surface area contributed by atoms with Crippen LogP contribution in [0.5, 0.6) is 0 Å². The van der Waals surface area contributed by atoms with Crippen LogP contribution in [0.2, 0.25) is 0 Å². The number of carbonyl (C=O) groups excluding carboxylic acids is 1. The predicted octanol–water partition coefficient (Wildman–Crippen LogP) is 0.966. The molecule has 0 amide bonds. The van der Waals surface area contributed by atoms with Gasteiger partial charge in [-0.3, -0.25) is 4.79 Å². The van der Waals surface area contributed by atoms with Gasteiger partial charge in [0.1, 0.15) is 11.8 Å². The summed E-state index contributed by atoms with van der Waals surface area (Å²) >= 11 is 5.68. The summed E-state index contributed by atoms with van der Waals surface area (Å²) in [6.45, 7) is 1.97. The number of alkyl halides is 1. The number of halogens is 1. The van der Waals surface area contributed by atoms with Gasteiger partial charge in [0, 0.05) is 6.42 Å². The van der Waals surface area contributed by atoms with Crippen LogP contribution in [-0.2, 0) is 9.53 Å². The number of hydrogen-bond acceptors (Lipinski definition) is 5. The highest BCUT2D eigenvalue weighted by molar-refractivity contribution is 6.24. The molecule has 0 saturated heterocycles. The number of hydrogen-bond donors (Lipinski definition) is 3. The highest BCUT2D eigenvalue weighted by atomic mass is 35.5. The lowest BCUT2D eigenvalue weighted by Gasteiger charge is -2.25. The van der Waals surface area contributed by atoms with Crippen LogP contribution >= 0.6 is 11.6 Å². The lowest BCUT2D eigenvalue weighted by atomic mass is 9.95. The molecule has 0 aromatic heterocycles. The third-order valence-electron chi connectivity index (χ3n) is 2.40. The van der Waals surface area contributed by atoms with Gasteiger partial charge in [0.05, 0.1) is 6.61 Å². The van der Waals surface area contributed by atoms with E-state index in [1.807, 2.05) is 0 Å². The summed E-state index contributed by atoms with van der Waals surface area (Å²) in [5, 5.41) is 17.1. The predicted molar refractivity (Wildman–Crippen MR) is 63.4 cm³/mol. The van der Waals surface area contributed by atoms with Gasteiger partial charge in [0.2, 0.25) is 0 Å². The number of rotatable bonds is 4. The lowest BCUT2D eigenvalue weighted by Crippen LogP contribution is -2.34. The van der Waals surface area contributed by atoms with Crippen molar-refractivity contribution in [2.75, 3.05) is 6.61 Å². The van der Waals surface area contributed by atoms with E-state index < -0.39 is 17.1 Å². The van der Waals surface area contributed by atoms with Crippen molar-refractivity contribution in [2.45, 2.75) is 30.9 Å². The second kappa shape index (κ2) is 5.53. The zero-order chi connectivity index (χ0) is 13.1. The van der Waals surface area contributed by atoms with Crippen molar-refractivity contribution in [1.82, 2.24) is 0 Å². The van der Waals surface area contributed by atoms with Crippen molar-refractivity contribution in [2.24, 2.45) is 5.73 Å². The molecule has 0 aliphatic heterocycles. The zero-order valence-electron chi connectivity index (χ0n) is 9.52. The van der Waals surface area contributed by atoms with Crippen molar-refractivity contribution in [1.29, 1.82) is 0 Å². The molecule has 1 unspecified atom stereocenters. The molecule has 0 radical (unpaired) electrons. The first-order valence-electron chi connectivity index (χ1n) is 5.29. The summed E-state index contributed by atoms with van der Waals surface area (Å²) < 4.78 is 4.77. The van der Waals surface area contributed by atoms with E-state index in [0.717, 1.165) is 0 Å². The molecule has 0 heterocycles. The van der Waals surface area contributed by atoms with Crippen molar-refractivity contribution in [3.8, 4) is 0 Å².